The summed E-state index contributed by atoms with van der Waals surface area (Å²) in [6.45, 7) is 0. The van der Waals surface area contributed by atoms with Crippen molar-refractivity contribution in [3.63, 3.8) is 0 Å². The molecule has 53 heavy (non-hydrogen) atoms. The van der Waals surface area contributed by atoms with E-state index in [1.54, 1.807) is 0 Å². The average Bonchev–Trinajstić information content (AvgIpc) is 0. The van der Waals surface area contributed by atoms with E-state index in [4.69, 9.17) is 0 Å². The third-order valence-electron chi connectivity index (χ3n) is 0. The molecule has 0 spiro atoms. The Bertz CT molecular complexity index is 47.7. The van der Waals surface area contributed by atoms with Crippen LogP contribution in [0.25, 0.3) is 0 Å². The Morgan fingerprint density at radius 2 is 0.0566 bits per heavy atom. The smallest absolute Gasteiger partial charge is 0 e. The van der Waals surface area contributed by atoms with Crippen molar-refractivity contribution in [2.24, 2.45) is 0 Å². The van der Waals surface area contributed by atoms with E-state index in [1.165, 1.54) is 0 Å². The minimum absolute atomic E-state index is 0. The van der Waals surface area contributed by atoms with Gasteiger partial charge in [-0.2, -0.15) is 0 Å². The molecule has 4 radical (unpaired) electrons. The molecule has 40 nitrogen and oxygen atoms in total. The van der Waals surface area contributed by atoms with E-state index in [0.29, 0.717) is 0 Å². The molecule has 0 rings (SSSR count). The van der Waals surface area contributed by atoms with Gasteiger partial charge in [-0.1, -0.05) is 0 Å². The maximum absolute atomic E-state index is 0. The first-order valence-corrected chi connectivity index (χ1v) is 0. The van der Waals surface area contributed by atoms with Crippen LogP contribution in [0.4, 0.5) is 0 Å². The van der Waals surface area contributed by atoms with E-state index >= 15 is 0 Å². The van der Waals surface area contributed by atoms with E-state index in [2.05, 4.69) is 0 Å². The Morgan fingerprint density at radius 3 is 0.0566 bits per heavy atom. The van der Waals surface area contributed by atoms with Gasteiger partial charge >= 0.3 is 0 Å². The molecule has 0 heterocycles. The summed E-state index contributed by atoms with van der Waals surface area (Å²) in [5.74, 6) is 0. The SMILES string of the molecule is O.O.O.O.O.O.O.O.O.O.O.O.O.O.O.O.O.O.O.O.O.O.O.O.O.O.O.O.O.O.O.O.O.O.O.O.O.O.O.O.[Si].[W].[W].[W].[W].[W].[W].[W].[W].[W].[W].[W].[W]. The monoisotopic (exact) mass is 2960 g/mol. The third kappa shape index (κ3) is 4030. The largest absolute Gasteiger partial charge is 0.412 e. The van der Waals surface area contributed by atoms with Crippen molar-refractivity contribution in [1.82, 2.24) is 0 Å². The van der Waals surface area contributed by atoms with E-state index in [0.717, 1.165) is 0 Å². The van der Waals surface area contributed by atoms with Crippen LogP contribution < -0.4 is 0 Å². The van der Waals surface area contributed by atoms with Gasteiger partial charge in [-0.05, 0) is 0 Å². The van der Waals surface area contributed by atoms with Crippen molar-refractivity contribution in [3.05, 3.63) is 0 Å². The van der Waals surface area contributed by atoms with Crippen LogP contribution in [-0.2, 0) is 253 Å². The molecular formula is H80O40SiW12. The standard InChI is InChI=1S/40H2O.Si.12W/h40*1H2;;;;;;;;;;;;;. The van der Waals surface area contributed by atoms with Crippen LogP contribution in [-0.4, -0.2) is 230 Å². The topological polar surface area (TPSA) is 1260 Å². The molecule has 0 unspecified atom stereocenters. The van der Waals surface area contributed by atoms with Gasteiger partial charge in [0.25, 0.3) is 0 Å². The third-order valence-corrected chi connectivity index (χ3v) is 0. The van der Waals surface area contributed by atoms with E-state index < -0.39 is 0 Å². The fraction of sp³-hybridized carbons (Fsp3) is 0. The van der Waals surface area contributed by atoms with Gasteiger partial charge in [0.2, 0.25) is 0 Å². The van der Waals surface area contributed by atoms with E-state index in [-0.39, 0.29) is 483 Å². The van der Waals surface area contributed by atoms with Gasteiger partial charge in [0.1, 0.15) is 0 Å². The number of hydrogen-bond acceptors (Lipinski definition) is 0. The molecule has 0 aromatic heterocycles. The van der Waals surface area contributed by atoms with Crippen LogP contribution >= 0.6 is 0 Å². The summed E-state index contributed by atoms with van der Waals surface area (Å²) in [7, 11) is 0. The Kier molecular flexibility index (Phi) is 345000. The molecule has 0 fully saturated rings. The first-order valence-electron chi connectivity index (χ1n) is 0. The molecular weight excluding hydrogens is 2870 g/mol. The number of hydrogen-bond donors (Lipinski definition) is 0. The van der Waals surface area contributed by atoms with Gasteiger partial charge in [-0.15, -0.1) is 0 Å². The van der Waals surface area contributed by atoms with Gasteiger partial charge in [0.15, 0.2) is 0 Å². The fourth-order valence-electron chi connectivity index (χ4n) is 0. The molecule has 53 heteroatoms. The predicted octanol–water partition coefficient (Wildman–Crippen LogP) is -33.4. The second-order valence-corrected chi connectivity index (χ2v) is 0. The quantitative estimate of drug-likeness (QED) is 0.204. The fourth-order valence-corrected chi connectivity index (χ4v) is 0. The molecule has 0 aliphatic heterocycles. The summed E-state index contributed by atoms with van der Waals surface area (Å²) < 4.78 is 0. The normalized spacial score (nSPS) is 0. The summed E-state index contributed by atoms with van der Waals surface area (Å²) in [4.78, 5) is 0. The summed E-state index contributed by atoms with van der Waals surface area (Å²) >= 11 is 0. The summed E-state index contributed by atoms with van der Waals surface area (Å²) in [5, 5.41) is 0. The van der Waals surface area contributed by atoms with Crippen LogP contribution in [0.5, 0.6) is 0 Å². The second kappa shape index (κ2) is 4170. The molecule has 0 saturated heterocycles. The minimum Gasteiger partial charge on any atom is -0.412 e. The first-order chi connectivity index (χ1) is 0. The molecule has 0 atom stereocenters. The van der Waals surface area contributed by atoms with Gasteiger partial charge in [-0.3, -0.25) is 0 Å². The van der Waals surface area contributed by atoms with Gasteiger partial charge in [0.05, 0.1) is 0 Å². The Balaban J connectivity index is 0. The zero-order valence-corrected chi connectivity index (χ0v) is 61.6. The Morgan fingerprint density at radius 1 is 0.0566 bits per heavy atom. The van der Waals surface area contributed by atoms with Crippen molar-refractivity contribution < 1.29 is 472 Å². The predicted molar refractivity (Wildman–Crippen MR) is 150 cm³/mol. The van der Waals surface area contributed by atoms with Crippen molar-refractivity contribution in [1.29, 1.82) is 0 Å². The Labute approximate surface area is 476 Å². The minimum atomic E-state index is 0. The molecule has 0 aliphatic carbocycles. The average molecular weight is 2950 g/mol. The van der Waals surface area contributed by atoms with Crippen molar-refractivity contribution in [3.8, 4) is 0 Å². The van der Waals surface area contributed by atoms with E-state index in [9.17, 15) is 0 Å². The summed E-state index contributed by atoms with van der Waals surface area (Å²) in [5.41, 5.74) is 0. The molecule has 0 aromatic carbocycles. The molecule has 0 aromatic rings. The van der Waals surface area contributed by atoms with Crippen molar-refractivity contribution in [2.45, 2.75) is 0 Å². The van der Waals surface area contributed by atoms with Crippen LogP contribution in [0.2, 0.25) is 0 Å². The maximum Gasteiger partial charge on any atom is 0 e. The summed E-state index contributed by atoms with van der Waals surface area (Å²) in [6.07, 6.45) is 0. The van der Waals surface area contributed by atoms with Crippen LogP contribution in [0, 0.1) is 0 Å². The first kappa shape index (κ1) is 4390. The molecule has 396 valence electrons. The zero-order chi connectivity index (χ0) is 0. The van der Waals surface area contributed by atoms with Gasteiger partial charge < -0.3 is 219 Å². The molecule has 0 saturated carbocycles. The van der Waals surface area contributed by atoms with Crippen LogP contribution in [0.1, 0.15) is 0 Å². The van der Waals surface area contributed by atoms with Gasteiger partial charge in [0, 0.05) is 264 Å². The van der Waals surface area contributed by atoms with Gasteiger partial charge in [-0.25, -0.2) is 0 Å². The molecule has 0 amide bonds. The van der Waals surface area contributed by atoms with Crippen molar-refractivity contribution in [2.75, 3.05) is 0 Å². The van der Waals surface area contributed by atoms with E-state index in [1.807, 2.05) is 0 Å². The molecule has 0 aliphatic rings. The van der Waals surface area contributed by atoms with Crippen LogP contribution in [0.15, 0.2) is 0 Å². The second-order valence-electron chi connectivity index (χ2n) is 0. The summed E-state index contributed by atoms with van der Waals surface area (Å²) in [6, 6.07) is 0. The Hall–Kier alpha value is 6.88. The zero-order valence-electron chi connectivity index (χ0n) is 25.4. The van der Waals surface area contributed by atoms with Crippen LogP contribution in [0.3, 0.4) is 0 Å². The molecule has 0 bridgehead atoms. The maximum atomic E-state index is 0. The number of rotatable bonds is 0. The van der Waals surface area contributed by atoms with Crippen molar-refractivity contribution >= 4 is 11.0 Å². The molecule has 80 N–H and O–H groups in total.